The van der Waals surface area contributed by atoms with Crippen LogP contribution in [0.25, 0.3) is 0 Å². The van der Waals surface area contributed by atoms with Gasteiger partial charge >= 0.3 is 5.97 Å². The molecule has 2 aromatic rings. The first-order valence-corrected chi connectivity index (χ1v) is 25.2. The van der Waals surface area contributed by atoms with E-state index in [0.29, 0.717) is 23.3 Å². The number of aliphatic hydroxyl groups excluding tert-OH is 1. The zero-order valence-corrected chi connectivity index (χ0v) is 42.6. The molecule has 14 N–H and O–H groups in total. The van der Waals surface area contributed by atoms with Crippen LogP contribution >= 0.6 is 11.8 Å². The third-order valence-electron chi connectivity index (χ3n) is 11.7. The zero-order chi connectivity index (χ0) is 54.5. The number of likely N-dealkylation sites (tertiary alicyclic amines) is 1. The van der Waals surface area contributed by atoms with Crippen molar-refractivity contribution in [1.29, 1.82) is 0 Å². The lowest BCUT2D eigenvalue weighted by Crippen LogP contribution is -2.59. The molecule has 0 spiro atoms. The summed E-state index contributed by atoms with van der Waals surface area (Å²) >= 11 is 1.43. The summed E-state index contributed by atoms with van der Waals surface area (Å²) in [5.74, 6) is -8.74. The molecule has 2 aromatic carbocycles. The van der Waals surface area contributed by atoms with Gasteiger partial charge in [0.25, 0.3) is 0 Å². The first kappa shape index (κ1) is 60.3. The molecule has 1 fully saturated rings. The van der Waals surface area contributed by atoms with Crippen LogP contribution in [0.2, 0.25) is 0 Å². The first-order valence-electron chi connectivity index (χ1n) is 23.8. The largest absolute Gasteiger partial charge is 0.508 e. The highest BCUT2D eigenvalue weighted by atomic mass is 32.2. The molecule has 25 heteroatoms. The summed E-state index contributed by atoms with van der Waals surface area (Å²) in [7, 11) is 0. The van der Waals surface area contributed by atoms with E-state index in [1.807, 2.05) is 6.26 Å². The smallest absolute Gasteiger partial charge is 0.326 e. The van der Waals surface area contributed by atoms with E-state index in [0.717, 1.165) is 4.90 Å². The Bertz CT molecular complexity index is 2250. The quantitative estimate of drug-likeness (QED) is 0.0419. The average molecular weight is 1040 g/mol. The highest BCUT2D eigenvalue weighted by molar-refractivity contribution is 7.98. The number of nitrogens with zero attached hydrogens (tertiary/aromatic N) is 1. The number of thioether (sulfide) groups is 1. The molecule has 9 amide bonds. The summed E-state index contributed by atoms with van der Waals surface area (Å²) in [6.45, 7) is 5.62. The minimum atomic E-state index is -1.56. The van der Waals surface area contributed by atoms with Crippen LogP contribution in [0.3, 0.4) is 0 Å². The highest BCUT2D eigenvalue weighted by Gasteiger charge is 2.39. The van der Waals surface area contributed by atoms with Gasteiger partial charge in [0, 0.05) is 13.0 Å². The molecule has 3 rings (SSSR count). The van der Waals surface area contributed by atoms with E-state index in [1.54, 1.807) is 39.8 Å². The average Bonchev–Trinajstić information content (AvgIpc) is 3.85. The van der Waals surface area contributed by atoms with E-state index in [1.165, 1.54) is 55.1 Å². The maximum Gasteiger partial charge on any atom is 0.326 e. The Labute approximate surface area is 427 Å². The zero-order valence-electron chi connectivity index (χ0n) is 41.8. The SMILES string of the molecule is CSCC[C@H](NC(=O)[C@@H](N)Cc1ccc(O)cc1)C(=O)N[C@@H](C)C(=O)NCC(=O)N[C@H](C(=O)NCC(=O)N[C@@H](CO)C(=O)N1CCC[C@H]1C(=O)N[C@@H](Cc1ccc(O)cc1)C(=O)N[C@H](C(=O)O)C(C)C)C(C)C. The number of nitrogens with one attached hydrogen (secondary N) is 8. The second kappa shape index (κ2) is 29.5. The molecule has 73 heavy (non-hydrogen) atoms. The van der Waals surface area contributed by atoms with E-state index in [2.05, 4.69) is 42.5 Å². The van der Waals surface area contributed by atoms with Crippen molar-refractivity contribution < 1.29 is 68.4 Å². The number of carbonyl (C=O) groups is 10. The molecule has 1 heterocycles. The van der Waals surface area contributed by atoms with E-state index < -0.39 is 139 Å². The number of nitrogens with two attached hydrogens (primary N) is 1. The Kier molecular flexibility index (Phi) is 24.4. The number of carbonyl (C=O) groups excluding carboxylic acids is 9. The second-order valence-corrected chi connectivity index (χ2v) is 19.3. The Morgan fingerprint density at radius 2 is 1.18 bits per heavy atom. The number of amides is 9. The second-order valence-electron chi connectivity index (χ2n) is 18.3. The number of carboxylic acid groups (broad SMARTS) is 1. The molecular formula is C48H70N10O14S. The minimum Gasteiger partial charge on any atom is -0.508 e. The van der Waals surface area contributed by atoms with Crippen molar-refractivity contribution in [2.24, 2.45) is 17.6 Å². The summed E-state index contributed by atoms with van der Waals surface area (Å²) in [6.07, 6.45) is 2.56. The number of hydrogen-bond acceptors (Lipinski definition) is 15. The molecule has 0 aromatic heterocycles. The maximum absolute atomic E-state index is 13.7. The summed E-state index contributed by atoms with van der Waals surface area (Å²) in [4.78, 5) is 132. The molecule has 0 aliphatic carbocycles. The van der Waals surface area contributed by atoms with E-state index in [9.17, 15) is 68.4 Å². The molecule has 0 bridgehead atoms. The van der Waals surface area contributed by atoms with E-state index >= 15 is 0 Å². The Morgan fingerprint density at radius 3 is 1.71 bits per heavy atom. The van der Waals surface area contributed by atoms with Crippen molar-refractivity contribution >= 4 is 70.9 Å². The first-order chi connectivity index (χ1) is 34.4. The summed E-state index contributed by atoms with van der Waals surface area (Å²) < 4.78 is 0. The number of phenols is 2. The van der Waals surface area contributed by atoms with Gasteiger partial charge in [-0.25, -0.2) is 4.79 Å². The maximum atomic E-state index is 13.7. The van der Waals surface area contributed by atoms with Gasteiger partial charge in [-0.05, 0) is 91.8 Å². The molecule has 8 atom stereocenters. The van der Waals surface area contributed by atoms with Crippen molar-refractivity contribution in [3.63, 3.8) is 0 Å². The van der Waals surface area contributed by atoms with Crippen LogP contribution in [0.1, 0.15) is 65.0 Å². The van der Waals surface area contributed by atoms with Gasteiger partial charge in [0.15, 0.2) is 0 Å². The van der Waals surface area contributed by atoms with Crippen LogP contribution in [0, 0.1) is 11.8 Å². The van der Waals surface area contributed by atoms with Gasteiger partial charge < -0.3 is 73.6 Å². The van der Waals surface area contributed by atoms with Crippen LogP contribution < -0.4 is 48.3 Å². The van der Waals surface area contributed by atoms with Crippen molar-refractivity contribution in [3.8, 4) is 11.5 Å². The molecule has 0 saturated carbocycles. The Hall–Kier alpha value is -6.99. The third-order valence-corrected chi connectivity index (χ3v) is 12.4. The lowest BCUT2D eigenvalue weighted by molar-refractivity contribution is -0.144. The normalized spacial score (nSPS) is 16.1. The number of rotatable bonds is 28. The van der Waals surface area contributed by atoms with E-state index in [-0.39, 0.29) is 43.7 Å². The lowest BCUT2D eigenvalue weighted by atomic mass is 10.0. The van der Waals surface area contributed by atoms with Crippen molar-refractivity contribution in [3.05, 3.63) is 59.7 Å². The van der Waals surface area contributed by atoms with Gasteiger partial charge in [0.1, 0.15) is 53.8 Å². The molecule has 1 aliphatic heterocycles. The van der Waals surface area contributed by atoms with Crippen molar-refractivity contribution in [1.82, 2.24) is 47.4 Å². The van der Waals surface area contributed by atoms with Crippen LogP contribution in [-0.4, -0.2) is 171 Å². The fourth-order valence-corrected chi connectivity index (χ4v) is 8.02. The molecule has 0 radical (unpaired) electrons. The van der Waals surface area contributed by atoms with Crippen LogP contribution in [0.4, 0.5) is 0 Å². The van der Waals surface area contributed by atoms with Crippen LogP contribution in [0.5, 0.6) is 11.5 Å². The van der Waals surface area contributed by atoms with Gasteiger partial charge in [0.05, 0.1) is 25.7 Å². The third kappa shape index (κ3) is 19.5. The predicted molar refractivity (Wildman–Crippen MR) is 267 cm³/mol. The van der Waals surface area contributed by atoms with Crippen LogP contribution in [-0.2, 0) is 60.8 Å². The van der Waals surface area contributed by atoms with Crippen molar-refractivity contribution in [2.45, 2.75) is 115 Å². The molecule has 0 unspecified atom stereocenters. The summed E-state index contributed by atoms with van der Waals surface area (Å²) in [5.41, 5.74) is 7.30. The van der Waals surface area contributed by atoms with E-state index in [4.69, 9.17) is 5.73 Å². The number of aromatic hydroxyl groups is 2. The summed E-state index contributed by atoms with van der Waals surface area (Å²) in [5, 5.41) is 58.9. The van der Waals surface area contributed by atoms with Gasteiger partial charge in [0.2, 0.25) is 53.2 Å². The molecule has 402 valence electrons. The minimum absolute atomic E-state index is 0.0433. The lowest BCUT2D eigenvalue weighted by Gasteiger charge is -2.30. The van der Waals surface area contributed by atoms with Crippen LogP contribution in [0.15, 0.2) is 48.5 Å². The molecule has 24 nitrogen and oxygen atoms in total. The molecule has 1 aliphatic rings. The predicted octanol–water partition coefficient (Wildman–Crippen LogP) is -2.50. The monoisotopic (exact) mass is 1040 g/mol. The fraction of sp³-hybridized carbons (Fsp3) is 0.542. The molecule has 1 saturated heterocycles. The highest BCUT2D eigenvalue weighted by Crippen LogP contribution is 2.20. The number of hydrogen-bond donors (Lipinski definition) is 13. The van der Waals surface area contributed by atoms with Gasteiger partial charge in [-0.2, -0.15) is 11.8 Å². The standard InChI is InChI=1S/C48H70N10O14S/c1-25(2)39(56-38(63)23-50-41(64)27(5)52-43(66)33(17-19-73-6)54-42(65)32(49)20-28-9-13-30(60)14-10-28)46(69)51-22-37(62)53-35(24-59)47(70)58-18-7-8-36(58)45(68)55-34(21-29-11-15-31(61)16-12-29)44(67)57-40(26(3)4)48(71)72/h9-16,25-27,32-36,39-40,59-61H,7-8,17-24,49H2,1-6H3,(H,50,64)(H,51,69)(H,52,66)(H,53,62)(H,54,65)(H,55,68)(H,56,63)(H,57,67)(H,71,72)/t27-,32-,33-,34-,35-,36-,39-,40-/m0/s1. The number of carboxylic acids is 1. The number of aliphatic carboxylic acids is 1. The fourth-order valence-electron chi connectivity index (χ4n) is 7.55. The van der Waals surface area contributed by atoms with Gasteiger partial charge in [-0.1, -0.05) is 52.0 Å². The topological polar surface area (TPSA) is 377 Å². The van der Waals surface area contributed by atoms with Crippen molar-refractivity contribution in [2.75, 3.05) is 38.2 Å². The summed E-state index contributed by atoms with van der Waals surface area (Å²) in [6, 6.07) is 2.22. The molecular weight excluding hydrogens is 973 g/mol. The number of benzene rings is 2. The van der Waals surface area contributed by atoms with Gasteiger partial charge in [-0.3, -0.25) is 43.2 Å². The number of aliphatic hydroxyl groups is 1. The Balaban J connectivity index is 1.54. The van der Waals surface area contributed by atoms with Gasteiger partial charge in [-0.15, -0.1) is 0 Å². The Morgan fingerprint density at radius 1 is 0.644 bits per heavy atom. The number of phenolic OH excluding ortho intramolecular Hbond substituents is 2.